The maximum absolute atomic E-state index is 12.5. The number of nitrogens with one attached hydrogen (secondary N) is 1. The fourth-order valence-corrected chi connectivity index (χ4v) is 3.76. The summed E-state index contributed by atoms with van der Waals surface area (Å²) in [5.41, 5.74) is 1.42. The number of nitrogens with zero attached hydrogens (tertiary/aromatic N) is 2. The van der Waals surface area contributed by atoms with Crippen molar-refractivity contribution in [2.75, 3.05) is 7.11 Å². The van der Waals surface area contributed by atoms with Crippen molar-refractivity contribution in [1.29, 1.82) is 0 Å². The largest absolute Gasteiger partial charge is 0.496 e. The molecular formula is C18H18ClN3O4S. The number of aryl methyl sites for hydroxylation is 1. The molecule has 0 fully saturated rings. The molecule has 3 rings (SSSR count). The summed E-state index contributed by atoms with van der Waals surface area (Å²) in [6.45, 7) is 1.80. The van der Waals surface area contributed by atoms with Crippen LogP contribution in [0.4, 0.5) is 0 Å². The van der Waals surface area contributed by atoms with Crippen LogP contribution in [0.1, 0.15) is 18.4 Å². The van der Waals surface area contributed by atoms with Gasteiger partial charge in [-0.15, -0.1) is 0 Å². The van der Waals surface area contributed by atoms with Gasteiger partial charge in [0, 0.05) is 5.56 Å². The molecule has 0 saturated heterocycles. The van der Waals surface area contributed by atoms with Crippen LogP contribution in [0.3, 0.4) is 0 Å². The Kier molecular flexibility index (Phi) is 5.79. The summed E-state index contributed by atoms with van der Waals surface area (Å²) < 4.78 is 37.9. The number of aromatic nitrogens is 2. The Morgan fingerprint density at radius 1 is 1.22 bits per heavy atom. The number of halogens is 1. The number of rotatable bonds is 7. The first kappa shape index (κ1) is 19.3. The van der Waals surface area contributed by atoms with Crippen LogP contribution in [-0.2, 0) is 23.0 Å². The Morgan fingerprint density at radius 3 is 2.70 bits per heavy atom. The summed E-state index contributed by atoms with van der Waals surface area (Å²) in [4.78, 5) is 4.33. The minimum absolute atomic E-state index is 0.132. The topological polar surface area (TPSA) is 94.3 Å². The molecule has 1 heterocycles. The van der Waals surface area contributed by atoms with E-state index in [9.17, 15) is 8.42 Å². The molecule has 1 aromatic heterocycles. The monoisotopic (exact) mass is 407 g/mol. The zero-order valence-corrected chi connectivity index (χ0v) is 16.3. The quantitative estimate of drug-likeness (QED) is 0.644. The highest BCUT2D eigenvalue weighted by atomic mass is 35.5. The van der Waals surface area contributed by atoms with Gasteiger partial charge in [-0.2, -0.15) is 4.98 Å². The van der Waals surface area contributed by atoms with E-state index >= 15 is 0 Å². The molecule has 1 N–H and O–H groups in total. The molecule has 0 spiro atoms. The van der Waals surface area contributed by atoms with E-state index in [1.807, 2.05) is 6.92 Å². The van der Waals surface area contributed by atoms with Crippen molar-refractivity contribution >= 4 is 21.6 Å². The maximum Gasteiger partial charge on any atom is 0.242 e. The second-order valence-corrected chi connectivity index (χ2v) is 7.82. The van der Waals surface area contributed by atoms with Crippen LogP contribution in [0.5, 0.6) is 5.75 Å². The predicted octanol–water partition coefficient (Wildman–Crippen LogP) is 3.44. The molecule has 0 radical (unpaired) electrons. The first-order chi connectivity index (χ1) is 12.9. The van der Waals surface area contributed by atoms with Crippen molar-refractivity contribution in [1.82, 2.24) is 14.9 Å². The minimum Gasteiger partial charge on any atom is -0.496 e. The number of methoxy groups -OCH3 is 1. The average molecular weight is 408 g/mol. The van der Waals surface area contributed by atoms with Crippen LogP contribution in [-0.4, -0.2) is 25.7 Å². The Morgan fingerprint density at radius 2 is 2.00 bits per heavy atom. The standard InChI is InChI=1S/C18H18ClN3O4S/c1-3-12-10-13(8-9-16(12)25-2)27(23,24)20-11-17-21-18(22-26-17)14-6-4-5-7-15(14)19/h4-10,20H,3,11H2,1-2H3. The average Bonchev–Trinajstić information content (AvgIpc) is 3.15. The molecule has 27 heavy (non-hydrogen) atoms. The third kappa shape index (κ3) is 4.29. The summed E-state index contributed by atoms with van der Waals surface area (Å²) in [6, 6.07) is 11.8. The lowest BCUT2D eigenvalue weighted by Crippen LogP contribution is -2.23. The second-order valence-electron chi connectivity index (χ2n) is 5.64. The van der Waals surface area contributed by atoms with E-state index in [-0.39, 0.29) is 17.3 Å². The smallest absolute Gasteiger partial charge is 0.242 e. The fourth-order valence-electron chi connectivity index (χ4n) is 2.52. The molecule has 142 valence electrons. The van der Waals surface area contributed by atoms with E-state index in [0.29, 0.717) is 28.6 Å². The molecule has 9 heteroatoms. The second kappa shape index (κ2) is 8.08. The Balaban J connectivity index is 1.76. The van der Waals surface area contributed by atoms with Gasteiger partial charge in [-0.25, -0.2) is 13.1 Å². The molecule has 2 aromatic carbocycles. The van der Waals surface area contributed by atoms with Crippen LogP contribution >= 0.6 is 11.6 Å². The predicted molar refractivity (Wildman–Crippen MR) is 101 cm³/mol. The van der Waals surface area contributed by atoms with E-state index in [1.165, 1.54) is 6.07 Å². The first-order valence-corrected chi connectivity index (χ1v) is 10.0. The van der Waals surface area contributed by atoms with Gasteiger partial charge in [0.2, 0.25) is 21.7 Å². The summed E-state index contributed by atoms with van der Waals surface area (Å²) >= 11 is 6.11. The first-order valence-electron chi connectivity index (χ1n) is 8.18. The van der Waals surface area contributed by atoms with Crippen LogP contribution < -0.4 is 9.46 Å². The highest BCUT2D eigenvalue weighted by Gasteiger charge is 2.18. The van der Waals surface area contributed by atoms with Crippen molar-refractivity contribution in [2.24, 2.45) is 0 Å². The molecule has 0 amide bonds. The zero-order chi connectivity index (χ0) is 19.4. The Labute approximate surface area is 162 Å². The molecule has 0 aliphatic heterocycles. The van der Waals surface area contributed by atoms with Crippen LogP contribution in [0.2, 0.25) is 5.02 Å². The third-order valence-electron chi connectivity index (χ3n) is 3.94. The van der Waals surface area contributed by atoms with Gasteiger partial charge in [-0.05, 0) is 42.3 Å². The van der Waals surface area contributed by atoms with Crippen LogP contribution in [0, 0.1) is 0 Å². The number of hydrogen-bond donors (Lipinski definition) is 1. The molecule has 0 saturated carbocycles. The van der Waals surface area contributed by atoms with Crippen molar-refractivity contribution in [3.63, 3.8) is 0 Å². The molecule has 3 aromatic rings. The summed E-state index contributed by atoms with van der Waals surface area (Å²) in [7, 11) is -2.19. The van der Waals surface area contributed by atoms with E-state index in [2.05, 4.69) is 14.9 Å². The molecule has 7 nitrogen and oxygen atoms in total. The highest BCUT2D eigenvalue weighted by molar-refractivity contribution is 7.89. The Bertz CT molecular complexity index is 1050. The molecule has 0 unspecified atom stereocenters. The van der Waals surface area contributed by atoms with E-state index in [1.54, 1.807) is 43.5 Å². The van der Waals surface area contributed by atoms with E-state index < -0.39 is 10.0 Å². The highest BCUT2D eigenvalue weighted by Crippen LogP contribution is 2.25. The van der Waals surface area contributed by atoms with Crippen molar-refractivity contribution in [2.45, 2.75) is 24.8 Å². The van der Waals surface area contributed by atoms with E-state index in [4.69, 9.17) is 20.9 Å². The molecular weight excluding hydrogens is 390 g/mol. The zero-order valence-electron chi connectivity index (χ0n) is 14.8. The van der Waals surface area contributed by atoms with Gasteiger partial charge in [0.25, 0.3) is 0 Å². The SMILES string of the molecule is CCc1cc(S(=O)(=O)NCc2nc(-c3ccccc3Cl)no2)ccc1OC. The van der Waals surface area contributed by atoms with Gasteiger partial charge in [0.15, 0.2) is 0 Å². The normalized spacial score (nSPS) is 11.5. The van der Waals surface area contributed by atoms with Gasteiger partial charge in [-0.3, -0.25) is 0 Å². The molecule has 0 bridgehead atoms. The van der Waals surface area contributed by atoms with Crippen LogP contribution in [0.15, 0.2) is 51.9 Å². The lowest BCUT2D eigenvalue weighted by Gasteiger charge is -2.10. The summed E-state index contributed by atoms with van der Waals surface area (Å²) in [6.07, 6.45) is 0.650. The van der Waals surface area contributed by atoms with Gasteiger partial charge < -0.3 is 9.26 Å². The number of hydrogen-bond acceptors (Lipinski definition) is 6. The van der Waals surface area contributed by atoms with Gasteiger partial charge in [0.1, 0.15) is 5.75 Å². The number of sulfonamides is 1. The van der Waals surface area contributed by atoms with Crippen LogP contribution in [0.25, 0.3) is 11.4 Å². The van der Waals surface area contributed by atoms with Gasteiger partial charge in [-0.1, -0.05) is 35.8 Å². The molecule has 0 aliphatic rings. The number of ether oxygens (including phenoxy) is 1. The van der Waals surface area contributed by atoms with E-state index in [0.717, 1.165) is 5.56 Å². The fraction of sp³-hybridized carbons (Fsp3) is 0.222. The minimum atomic E-state index is -3.74. The Hall–Kier alpha value is -2.42. The van der Waals surface area contributed by atoms with Gasteiger partial charge in [0.05, 0.1) is 23.6 Å². The summed E-state index contributed by atoms with van der Waals surface area (Å²) in [5.74, 6) is 1.09. The molecule has 0 aliphatic carbocycles. The van der Waals surface area contributed by atoms with Crippen molar-refractivity contribution in [3.05, 3.63) is 58.9 Å². The summed E-state index contributed by atoms with van der Waals surface area (Å²) in [5, 5.41) is 4.33. The van der Waals surface area contributed by atoms with Crippen molar-refractivity contribution in [3.8, 4) is 17.1 Å². The number of benzene rings is 2. The lowest BCUT2D eigenvalue weighted by atomic mass is 10.1. The third-order valence-corrected chi connectivity index (χ3v) is 5.67. The lowest BCUT2D eigenvalue weighted by molar-refractivity contribution is 0.376. The molecule has 0 atom stereocenters. The van der Waals surface area contributed by atoms with Crippen molar-refractivity contribution < 1.29 is 17.7 Å². The van der Waals surface area contributed by atoms with Gasteiger partial charge >= 0.3 is 0 Å². The maximum atomic E-state index is 12.5.